The lowest BCUT2D eigenvalue weighted by Gasteiger charge is -2.10. The van der Waals surface area contributed by atoms with Crippen LogP contribution in [0.2, 0.25) is 0 Å². The molecule has 1 aliphatic rings. The zero-order valence-electron chi connectivity index (χ0n) is 12.8. The SMILES string of the molecule is CC1OC(=O)C(c2ccccc2)=C1c1ccc(S(C)(=O)=O)cc1. The number of carbonyl (C=O) groups is 1. The monoisotopic (exact) mass is 328 g/mol. The summed E-state index contributed by atoms with van der Waals surface area (Å²) < 4.78 is 28.5. The lowest BCUT2D eigenvalue weighted by atomic mass is 9.93. The number of esters is 1. The molecule has 0 amide bonds. The summed E-state index contributed by atoms with van der Waals surface area (Å²) in [6.45, 7) is 1.81. The second kappa shape index (κ2) is 5.66. The number of carbonyl (C=O) groups excluding carboxylic acids is 1. The average molecular weight is 328 g/mol. The van der Waals surface area contributed by atoms with Gasteiger partial charge in [0.1, 0.15) is 6.10 Å². The first-order valence-corrected chi connectivity index (χ1v) is 9.08. The normalized spacial score (nSPS) is 18.2. The van der Waals surface area contributed by atoms with E-state index in [1.165, 1.54) is 6.26 Å². The van der Waals surface area contributed by atoms with E-state index in [4.69, 9.17) is 4.74 Å². The van der Waals surface area contributed by atoms with Crippen LogP contribution >= 0.6 is 0 Å². The molecule has 0 saturated heterocycles. The van der Waals surface area contributed by atoms with Gasteiger partial charge in [0.05, 0.1) is 10.5 Å². The summed E-state index contributed by atoms with van der Waals surface area (Å²) in [5.41, 5.74) is 2.89. The van der Waals surface area contributed by atoms with Crippen molar-refractivity contribution in [2.24, 2.45) is 0 Å². The fourth-order valence-electron chi connectivity index (χ4n) is 2.73. The van der Waals surface area contributed by atoms with Gasteiger partial charge in [-0.25, -0.2) is 13.2 Å². The van der Waals surface area contributed by atoms with Gasteiger partial charge in [-0.1, -0.05) is 42.5 Å². The van der Waals surface area contributed by atoms with Crippen molar-refractivity contribution >= 4 is 27.0 Å². The Morgan fingerprint density at radius 3 is 2.09 bits per heavy atom. The molecule has 0 aliphatic carbocycles. The summed E-state index contributed by atoms with van der Waals surface area (Å²) in [5, 5.41) is 0. The van der Waals surface area contributed by atoms with Crippen molar-refractivity contribution in [3.8, 4) is 0 Å². The topological polar surface area (TPSA) is 60.4 Å². The Hall–Kier alpha value is -2.40. The Kier molecular flexibility index (Phi) is 3.82. The molecule has 1 atom stereocenters. The molecule has 3 rings (SSSR count). The Morgan fingerprint density at radius 1 is 0.913 bits per heavy atom. The van der Waals surface area contributed by atoms with Gasteiger partial charge < -0.3 is 4.74 Å². The molecule has 2 aromatic rings. The van der Waals surface area contributed by atoms with Crippen LogP contribution in [0.3, 0.4) is 0 Å². The van der Waals surface area contributed by atoms with E-state index in [-0.39, 0.29) is 17.0 Å². The van der Waals surface area contributed by atoms with Crippen molar-refractivity contribution in [3.05, 3.63) is 65.7 Å². The van der Waals surface area contributed by atoms with Gasteiger partial charge in [0.2, 0.25) is 0 Å². The van der Waals surface area contributed by atoms with Crippen LogP contribution in [-0.2, 0) is 19.4 Å². The van der Waals surface area contributed by atoms with Gasteiger partial charge in [0.25, 0.3) is 0 Å². The number of cyclic esters (lactones) is 1. The Labute approximate surface area is 135 Å². The second-order valence-corrected chi connectivity index (χ2v) is 7.51. The van der Waals surface area contributed by atoms with Crippen LogP contribution in [0.5, 0.6) is 0 Å². The number of rotatable bonds is 3. The van der Waals surface area contributed by atoms with Gasteiger partial charge in [-0.15, -0.1) is 0 Å². The lowest BCUT2D eigenvalue weighted by molar-refractivity contribution is -0.136. The van der Waals surface area contributed by atoms with Crippen LogP contribution in [0.15, 0.2) is 59.5 Å². The molecule has 5 heteroatoms. The molecule has 1 aliphatic heterocycles. The van der Waals surface area contributed by atoms with Gasteiger partial charge in [-0.05, 0) is 30.2 Å². The first kappa shape index (κ1) is 15.5. The van der Waals surface area contributed by atoms with Crippen molar-refractivity contribution in [1.29, 1.82) is 0 Å². The van der Waals surface area contributed by atoms with Gasteiger partial charge >= 0.3 is 5.97 Å². The molecule has 1 unspecified atom stereocenters. The van der Waals surface area contributed by atoms with Crippen LogP contribution in [0.4, 0.5) is 0 Å². The minimum absolute atomic E-state index is 0.251. The summed E-state index contributed by atoms with van der Waals surface area (Å²) in [6, 6.07) is 15.9. The first-order chi connectivity index (χ1) is 10.9. The van der Waals surface area contributed by atoms with Crippen molar-refractivity contribution in [2.75, 3.05) is 6.26 Å². The van der Waals surface area contributed by atoms with E-state index in [1.54, 1.807) is 24.3 Å². The zero-order chi connectivity index (χ0) is 16.6. The van der Waals surface area contributed by atoms with Crippen molar-refractivity contribution in [3.63, 3.8) is 0 Å². The van der Waals surface area contributed by atoms with E-state index in [0.29, 0.717) is 5.57 Å². The standard InChI is InChI=1S/C18H16O4S/c1-12-16(14-8-10-15(11-9-14)23(2,20)21)17(18(19)22-12)13-6-4-3-5-7-13/h3-12H,1-2H3. The van der Waals surface area contributed by atoms with Crippen LogP contribution in [0.25, 0.3) is 11.1 Å². The third kappa shape index (κ3) is 2.92. The molecule has 0 saturated carbocycles. The maximum atomic E-state index is 12.2. The fourth-order valence-corrected chi connectivity index (χ4v) is 3.36. The van der Waals surface area contributed by atoms with E-state index in [2.05, 4.69) is 0 Å². The molecule has 0 aromatic heterocycles. The molecule has 0 fully saturated rings. The highest BCUT2D eigenvalue weighted by molar-refractivity contribution is 7.90. The highest BCUT2D eigenvalue weighted by Gasteiger charge is 2.32. The molecule has 1 heterocycles. The van der Waals surface area contributed by atoms with Crippen molar-refractivity contribution in [2.45, 2.75) is 17.9 Å². The van der Waals surface area contributed by atoms with Crippen LogP contribution in [0.1, 0.15) is 18.1 Å². The minimum atomic E-state index is -3.25. The Bertz CT molecular complexity index is 878. The van der Waals surface area contributed by atoms with Gasteiger partial charge in [0, 0.05) is 11.8 Å². The van der Waals surface area contributed by atoms with Crippen LogP contribution < -0.4 is 0 Å². The zero-order valence-corrected chi connectivity index (χ0v) is 13.6. The molecule has 23 heavy (non-hydrogen) atoms. The Balaban J connectivity index is 2.15. The lowest BCUT2D eigenvalue weighted by Crippen LogP contribution is -2.05. The predicted octanol–water partition coefficient (Wildman–Crippen LogP) is 2.95. The molecule has 4 nitrogen and oxygen atoms in total. The number of sulfone groups is 1. The first-order valence-electron chi connectivity index (χ1n) is 7.19. The van der Waals surface area contributed by atoms with Gasteiger partial charge in [0.15, 0.2) is 9.84 Å². The molecule has 2 aromatic carbocycles. The van der Waals surface area contributed by atoms with E-state index in [9.17, 15) is 13.2 Å². The summed E-state index contributed by atoms with van der Waals surface area (Å²) in [4.78, 5) is 12.5. The summed E-state index contributed by atoms with van der Waals surface area (Å²) in [7, 11) is -3.25. The highest BCUT2D eigenvalue weighted by atomic mass is 32.2. The quantitative estimate of drug-likeness (QED) is 0.813. The van der Waals surface area contributed by atoms with Crippen molar-refractivity contribution < 1.29 is 17.9 Å². The van der Waals surface area contributed by atoms with Crippen molar-refractivity contribution in [1.82, 2.24) is 0 Å². The molecular weight excluding hydrogens is 312 g/mol. The number of hydrogen-bond acceptors (Lipinski definition) is 4. The number of hydrogen-bond donors (Lipinski definition) is 0. The minimum Gasteiger partial charge on any atom is -0.454 e. The maximum Gasteiger partial charge on any atom is 0.339 e. The molecule has 0 radical (unpaired) electrons. The predicted molar refractivity (Wildman–Crippen MR) is 88.4 cm³/mol. The molecule has 0 bridgehead atoms. The fraction of sp³-hybridized carbons (Fsp3) is 0.167. The molecule has 0 N–H and O–H groups in total. The molecule has 118 valence electrons. The Morgan fingerprint density at radius 2 is 1.52 bits per heavy atom. The van der Waals surface area contributed by atoms with E-state index in [1.807, 2.05) is 37.3 Å². The third-order valence-corrected chi connectivity index (χ3v) is 4.95. The van der Waals surface area contributed by atoms with Crippen LogP contribution in [0, 0.1) is 0 Å². The maximum absolute atomic E-state index is 12.2. The summed E-state index contributed by atoms with van der Waals surface area (Å²) in [6.07, 6.45) is 0.795. The average Bonchev–Trinajstić information content (AvgIpc) is 2.82. The smallest absolute Gasteiger partial charge is 0.339 e. The molecule has 0 spiro atoms. The van der Waals surface area contributed by atoms with E-state index < -0.39 is 9.84 Å². The van der Waals surface area contributed by atoms with Gasteiger partial charge in [-0.2, -0.15) is 0 Å². The van der Waals surface area contributed by atoms with E-state index in [0.717, 1.165) is 16.7 Å². The third-order valence-electron chi connectivity index (χ3n) is 3.82. The summed E-state index contributed by atoms with van der Waals surface area (Å²) >= 11 is 0. The molecular formula is C18H16O4S. The highest BCUT2D eigenvalue weighted by Crippen LogP contribution is 2.37. The number of ether oxygens (including phenoxy) is 1. The number of benzene rings is 2. The second-order valence-electron chi connectivity index (χ2n) is 5.50. The largest absolute Gasteiger partial charge is 0.454 e. The van der Waals surface area contributed by atoms with Gasteiger partial charge in [-0.3, -0.25) is 0 Å². The summed E-state index contributed by atoms with van der Waals surface area (Å²) in [5.74, 6) is -0.356. The van der Waals surface area contributed by atoms with Crippen LogP contribution in [-0.4, -0.2) is 26.7 Å². The van der Waals surface area contributed by atoms with E-state index >= 15 is 0 Å².